The predicted molar refractivity (Wildman–Crippen MR) is 111 cm³/mol. The number of nitrogens with zero attached hydrogens (tertiary/aromatic N) is 3. The second kappa shape index (κ2) is 5.65. The summed E-state index contributed by atoms with van der Waals surface area (Å²) in [4.78, 5) is 4.85. The highest BCUT2D eigenvalue weighted by molar-refractivity contribution is 6.17. The van der Waals surface area contributed by atoms with Crippen LogP contribution >= 0.6 is 0 Å². The van der Waals surface area contributed by atoms with Gasteiger partial charge in [-0.05, 0) is 54.7 Å². The lowest BCUT2D eigenvalue weighted by Crippen LogP contribution is -2.34. The number of pyridine rings is 2. The summed E-state index contributed by atoms with van der Waals surface area (Å²) >= 11 is 0. The third-order valence-electron chi connectivity index (χ3n) is 5.66. The number of hydrogen-bond donors (Lipinski definition) is 0. The van der Waals surface area contributed by atoms with Crippen molar-refractivity contribution in [1.82, 2.24) is 9.50 Å². The second-order valence-electron chi connectivity index (χ2n) is 7.41. The van der Waals surface area contributed by atoms with Crippen LogP contribution in [0.4, 0.5) is 0 Å². The van der Waals surface area contributed by atoms with E-state index in [4.69, 9.17) is 4.98 Å². The molecule has 27 heavy (non-hydrogen) atoms. The van der Waals surface area contributed by atoms with Crippen molar-refractivity contribution in [2.75, 3.05) is 0 Å². The normalized spacial score (nSPS) is 11.7. The summed E-state index contributed by atoms with van der Waals surface area (Å²) in [7, 11) is 2.08. The molecule has 3 nitrogen and oxygen atoms in total. The highest BCUT2D eigenvalue weighted by atomic mass is 15.3. The zero-order chi connectivity index (χ0) is 18.7. The van der Waals surface area contributed by atoms with Crippen molar-refractivity contribution in [3.63, 3.8) is 0 Å². The first-order chi connectivity index (χ1) is 13.1. The SMILES string of the molecule is Cc1cccc(C)c1-c1cccc2c1c1nccc(C)c1n1c2cc[n+]1C. The Hall–Kier alpha value is -3.20. The number of benzene rings is 2. The van der Waals surface area contributed by atoms with Gasteiger partial charge in [-0.25, -0.2) is 0 Å². The molecular weight excluding hydrogens is 330 g/mol. The third-order valence-corrected chi connectivity index (χ3v) is 5.66. The molecule has 0 saturated heterocycles. The van der Waals surface area contributed by atoms with Crippen LogP contribution in [-0.4, -0.2) is 9.50 Å². The van der Waals surface area contributed by atoms with E-state index in [0.717, 1.165) is 5.52 Å². The van der Waals surface area contributed by atoms with Crippen LogP contribution in [0.1, 0.15) is 16.7 Å². The Balaban J connectivity index is 2.11. The van der Waals surface area contributed by atoms with Crippen LogP contribution in [0.25, 0.3) is 38.4 Å². The summed E-state index contributed by atoms with van der Waals surface area (Å²) in [6, 6.07) is 17.4. The second-order valence-corrected chi connectivity index (χ2v) is 7.41. The Morgan fingerprint density at radius 2 is 1.59 bits per heavy atom. The van der Waals surface area contributed by atoms with E-state index in [-0.39, 0.29) is 0 Å². The van der Waals surface area contributed by atoms with Gasteiger partial charge in [0.15, 0.2) is 13.2 Å². The molecule has 0 aliphatic carbocycles. The highest BCUT2D eigenvalue weighted by Gasteiger charge is 2.20. The molecule has 0 atom stereocenters. The lowest BCUT2D eigenvalue weighted by Gasteiger charge is -2.15. The Morgan fingerprint density at radius 3 is 2.37 bits per heavy atom. The molecule has 132 valence electrons. The van der Waals surface area contributed by atoms with Crippen LogP contribution in [0.5, 0.6) is 0 Å². The number of aromatic nitrogens is 3. The maximum absolute atomic E-state index is 4.85. The first-order valence-electron chi connectivity index (χ1n) is 9.32. The van der Waals surface area contributed by atoms with Crippen molar-refractivity contribution in [3.8, 4) is 11.1 Å². The van der Waals surface area contributed by atoms with E-state index < -0.39 is 0 Å². The minimum absolute atomic E-state index is 1.06. The topological polar surface area (TPSA) is 21.2 Å². The van der Waals surface area contributed by atoms with E-state index in [1.165, 1.54) is 49.6 Å². The smallest absolute Gasteiger partial charge is 0.196 e. The summed E-state index contributed by atoms with van der Waals surface area (Å²) < 4.78 is 4.41. The minimum atomic E-state index is 1.06. The summed E-state index contributed by atoms with van der Waals surface area (Å²) in [6.45, 7) is 6.55. The van der Waals surface area contributed by atoms with E-state index >= 15 is 0 Å². The van der Waals surface area contributed by atoms with Gasteiger partial charge in [-0.1, -0.05) is 36.4 Å². The van der Waals surface area contributed by atoms with Crippen molar-refractivity contribution in [2.24, 2.45) is 7.05 Å². The lowest BCUT2D eigenvalue weighted by molar-refractivity contribution is -0.735. The van der Waals surface area contributed by atoms with E-state index in [2.05, 4.69) is 91.7 Å². The quantitative estimate of drug-likeness (QED) is 0.305. The molecule has 3 heterocycles. The molecule has 0 aliphatic heterocycles. The number of aryl methyl sites for hydroxylation is 4. The minimum Gasteiger partial charge on any atom is -0.254 e. The van der Waals surface area contributed by atoms with Crippen molar-refractivity contribution < 1.29 is 4.68 Å². The molecule has 0 N–H and O–H groups in total. The standard InChI is InChI=1S/C24H22N3/c1-15-7-5-8-16(2)21(15)19-10-6-9-18-20-12-14-26(4)27(20)24-17(3)11-13-25-23(24)22(18)19/h5-14H,1-4H3/q+1. The molecule has 0 spiro atoms. The van der Waals surface area contributed by atoms with Gasteiger partial charge in [-0.2, -0.15) is 0 Å². The van der Waals surface area contributed by atoms with Gasteiger partial charge < -0.3 is 0 Å². The first-order valence-corrected chi connectivity index (χ1v) is 9.32. The molecule has 0 unspecified atom stereocenters. The molecule has 0 fully saturated rings. The Bertz CT molecular complexity index is 1340. The van der Waals surface area contributed by atoms with Gasteiger partial charge in [0.1, 0.15) is 16.6 Å². The Kier molecular flexibility index (Phi) is 3.35. The van der Waals surface area contributed by atoms with Crippen LogP contribution in [0.3, 0.4) is 0 Å². The fourth-order valence-electron chi connectivity index (χ4n) is 4.44. The summed E-state index contributed by atoms with van der Waals surface area (Å²) in [6.07, 6.45) is 4.04. The largest absolute Gasteiger partial charge is 0.254 e. The molecule has 5 rings (SSSR count). The van der Waals surface area contributed by atoms with Crippen LogP contribution in [0.2, 0.25) is 0 Å². The summed E-state index contributed by atoms with van der Waals surface area (Å²) in [5, 5.41) is 2.47. The van der Waals surface area contributed by atoms with Gasteiger partial charge in [0.2, 0.25) is 0 Å². The molecule has 3 heteroatoms. The van der Waals surface area contributed by atoms with Crippen molar-refractivity contribution in [3.05, 3.63) is 77.6 Å². The predicted octanol–water partition coefficient (Wildman–Crippen LogP) is 5.06. The molecule has 3 aromatic heterocycles. The monoisotopic (exact) mass is 352 g/mol. The molecule has 0 radical (unpaired) electrons. The molecule has 0 saturated carbocycles. The number of fused-ring (bicyclic) bond motifs is 6. The average molecular weight is 352 g/mol. The molecule has 0 bridgehead atoms. The average Bonchev–Trinajstić information content (AvgIpc) is 3.04. The zero-order valence-corrected chi connectivity index (χ0v) is 16.1. The first kappa shape index (κ1) is 16.0. The maximum atomic E-state index is 4.85. The molecule has 5 aromatic rings. The van der Waals surface area contributed by atoms with Crippen molar-refractivity contribution in [1.29, 1.82) is 0 Å². The van der Waals surface area contributed by atoms with E-state index in [0.29, 0.717) is 0 Å². The highest BCUT2D eigenvalue weighted by Crippen LogP contribution is 2.38. The third kappa shape index (κ3) is 2.15. The van der Waals surface area contributed by atoms with E-state index in [1.54, 1.807) is 0 Å². The fourth-order valence-corrected chi connectivity index (χ4v) is 4.44. The summed E-state index contributed by atoms with van der Waals surface area (Å²) in [5.41, 5.74) is 9.84. The van der Waals surface area contributed by atoms with E-state index in [1.807, 2.05) is 6.20 Å². The Morgan fingerprint density at radius 1 is 0.852 bits per heavy atom. The van der Waals surface area contributed by atoms with E-state index in [9.17, 15) is 0 Å². The van der Waals surface area contributed by atoms with Crippen LogP contribution in [0, 0.1) is 20.8 Å². The van der Waals surface area contributed by atoms with Gasteiger partial charge in [0.05, 0.1) is 0 Å². The molecular formula is C24H22N3+. The Labute approximate surface area is 158 Å². The fraction of sp³-hybridized carbons (Fsp3) is 0.167. The lowest BCUT2D eigenvalue weighted by atomic mass is 9.91. The van der Waals surface area contributed by atoms with Gasteiger partial charge in [-0.3, -0.25) is 4.98 Å². The van der Waals surface area contributed by atoms with Gasteiger partial charge in [0.25, 0.3) is 0 Å². The van der Waals surface area contributed by atoms with Gasteiger partial charge in [-0.15, -0.1) is 9.20 Å². The van der Waals surface area contributed by atoms with Crippen LogP contribution < -0.4 is 4.68 Å². The zero-order valence-electron chi connectivity index (χ0n) is 16.1. The van der Waals surface area contributed by atoms with Crippen LogP contribution in [-0.2, 0) is 7.05 Å². The van der Waals surface area contributed by atoms with Crippen molar-refractivity contribution in [2.45, 2.75) is 20.8 Å². The molecule has 2 aromatic carbocycles. The van der Waals surface area contributed by atoms with Crippen molar-refractivity contribution >= 4 is 27.3 Å². The van der Waals surface area contributed by atoms with Gasteiger partial charge in [0, 0.05) is 23.0 Å². The summed E-state index contributed by atoms with van der Waals surface area (Å²) in [5.74, 6) is 0. The number of rotatable bonds is 1. The van der Waals surface area contributed by atoms with Gasteiger partial charge >= 0.3 is 0 Å². The number of hydrogen-bond acceptors (Lipinski definition) is 1. The molecule has 0 aliphatic rings. The maximum Gasteiger partial charge on any atom is 0.196 e. The molecule has 0 amide bonds. The van der Waals surface area contributed by atoms with Crippen LogP contribution in [0.15, 0.2) is 60.9 Å².